The molecule has 0 saturated carbocycles. The molecule has 0 aliphatic carbocycles. The van der Waals surface area contributed by atoms with E-state index >= 15 is 0 Å². The maximum atomic E-state index is 13.8. The first-order chi connectivity index (χ1) is 9.61. The van der Waals surface area contributed by atoms with E-state index in [1.54, 1.807) is 17.4 Å². The molecule has 1 heterocycles. The molecule has 1 atom stereocenters. The predicted octanol–water partition coefficient (Wildman–Crippen LogP) is 5.59. The average Bonchev–Trinajstić information content (AvgIpc) is 2.76. The smallest absolute Gasteiger partial charge is 0.126 e. The molecule has 0 spiro atoms. The summed E-state index contributed by atoms with van der Waals surface area (Å²) in [6.07, 6.45) is 1.66. The van der Waals surface area contributed by atoms with Gasteiger partial charge < -0.3 is 5.32 Å². The minimum atomic E-state index is -0.155. The molecule has 1 aromatic heterocycles. The van der Waals surface area contributed by atoms with Crippen molar-refractivity contribution in [3.8, 4) is 0 Å². The Morgan fingerprint density at radius 3 is 2.75 bits per heavy atom. The second-order valence-electron chi connectivity index (χ2n) is 4.57. The van der Waals surface area contributed by atoms with Crippen LogP contribution in [0.25, 0.3) is 0 Å². The van der Waals surface area contributed by atoms with Gasteiger partial charge in [0.25, 0.3) is 0 Å². The molecule has 1 unspecified atom stereocenters. The summed E-state index contributed by atoms with van der Waals surface area (Å²) < 4.78 is 14.7. The SMILES string of the molecule is CCCNC(Cc1ccccc1F)c1cc(Cl)c(Br)s1. The van der Waals surface area contributed by atoms with Crippen LogP contribution < -0.4 is 5.32 Å². The molecule has 0 amide bonds. The van der Waals surface area contributed by atoms with Gasteiger partial charge in [0.15, 0.2) is 0 Å². The molecule has 0 aliphatic rings. The number of hydrogen-bond donors (Lipinski definition) is 1. The number of benzene rings is 1. The quantitative estimate of drug-likeness (QED) is 0.693. The Morgan fingerprint density at radius 1 is 1.40 bits per heavy atom. The van der Waals surface area contributed by atoms with E-state index in [0.29, 0.717) is 11.4 Å². The highest BCUT2D eigenvalue weighted by Gasteiger charge is 2.17. The minimum absolute atomic E-state index is 0.0839. The Morgan fingerprint density at radius 2 is 2.15 bits per heavy atom. The molecule has 0 saturated heterocycles. The Labute approximate surface area is 136 Å². The summed E-state index contributed by atoms with van der Waals surface area (Å²) in [6.45, 7) is 3.01. The maximum absolute atomic E-state index is 13.8. The molecular weight excluding hydrogens is 361 g/mol. The molecule has 1 nitrogen and oxygen atoms in total. The van der Waals surface area contributed by atoms with Crippen LogP contribution >= 0.6 is 38.9 Å². The maximum Gasteiger partial charge on any atom is 0.126 e. The molecule has 1 N–H and O–H groups in total. The first-order valence-electron chi connectivity index (χ1n) is 6.53. The van der Waals surface area contributed by atoms with E-state index in [9.17, 15) is 4.39 Å². The van der Waals surface area contributed by atoms with Gasteiger partial charge in [-0.3, -0.25) is 0 Å². The lowest BCUT2D eigenvalue weighted by molar-refractivity contribution is 0.519. The van der Waals surface area contributed by atoms with E-state index < -0.39 is 0 Å². The van der Waals surface area contributed by atoms with Gasteiger partial charge in [0.2, 0.25) is 0 Å². The Hall–Kier alpha value is -0.420. The summed E-state index contributed by atoms with van der Waals surface area (Å²) in [5.74, 6) is -0.155. The molecule has 5 heteroatoms. The van der Waals surface area contributed by atoms with Crippen molar-refractivity contribution in [2.75, 3.05) is 6.54 Å². The highest BCUT2D eigenvalue weighted by Crippen LogP contribution is 2.36. The Bertz CT molecular complexity index is 553. The molecule has 2 rings (SSSR count). The van der Waals surface area contributed by atoms with Crippen molar-refractivity contribution in [1.29, 1.82) is 0 Å². The van der Waals surface area contributed by atoms with Crippen LogP contribution in [0.1, 0.15) is 29.8 Å². The van der Waals surface area contributed by atoms with Gasteiger partial charge in [-0.05, 0) is 53.0 Å². The highest BCUT2D eigenvalue weighted by molar-refractivity contribution is 9.11. The van der Waals surface area contributed by atoms with Crippen LogP contribution in [0.2, 0.25) is 5.02 Å². The van der Waals surface area contributed by atoms with Gasteiger partial charge in [0.1, 0.15) is 5.82 Å². The fourth-order valence-corrected chi connectivity index (χ4v) is 3.83. The van der Waals surface area contributed by atoms with Crippen LogP contribution in [0, 0.1) is 5.82 Å². The normalized spacial score (nSPS) is 12.6. The van der Waals surface area contributed by atoms with Crippen LogP contribution in [0.3, 0.4) is 0 Å². The number of rotatable bonds is 6. The van der Waals surface area contributed by atoms with Crippen LogP contribution in [-0.2, 0) is 6.42 Å². The lowest BCUT2D eigenvalue weighted by Crippen LogP contribution is -2.23. The van der Waals surface area contributed by atoms with Crippen molar-refractivity contribution < 1.29 is 4.39 Å². The van der Waals surface area contributed by atoms with Crippen LogP contribution in [-0.4, -0.2) is 6.54 Å². The fraction of sp³-hybridized carbons (Fsp3) is 0.333. The largest absolute Gasteiger partial charge is 0.309 e. The third-order valence-electron chi connectivity index (χ3n) is 3.03. The van der Waals surface area contributed by atoms with Crippen molar-refractivity contribution >= 4 is 38.9 Å². The number of halogens is 3. The second-order valence-corrected chi connectivity index (χ2v) is 7.38. The monoisotopic (exact) mass is 375 g/mol. The summed E-state index contributed by atoms with van der Waals surface area (Å²) in [4.78, 5) is 1.12. The van der Waals surface area contributed by atoms with E-state index in [2.05, 4.69) is 28.2 Å². The lowest BCUT2D eigenvalue weighted by atomic mass is 10.0. The standard InChI is InChI=1S/C15H16BrClFNS/c1-2-7-19-13(14-9-11(17)15(16)20-14)8-10-5-3-4-6-12(10)18/h3-6,9,13,19H,2,7-8H2,1H3. The average molecular weight is 377 g/mol. The summed E-state index contributed by atoms with van der Waals surface area (Å²) in [7, 11) is 0. The van der Waals surface area contributed by atoms with E-state index in [-0.39, 0.29) is 11.9 Å². The Kier molecular flexibility index (Phi) is 6.02. The van der Waals surface area contributed by atoms with Gasteiger partial charge in [0.05, 0.1) is 8.81 Å². The van der Waals surface area contributed by atoms with Gasteiger partial charge in [-0.2, -0.15) is 0 Å². The first-order valence-corrected chi connectivity index (χ1v) is 8.52. The van der Waals surface area contributed by atoms with E-state index in [4.69, 9.17) is 11.6 Å². The van der Waals surface area contributed by atoms with Crippen molar-refractivity contribution in [3.05, 3.63) is 55.4 Å². The summed E-state index contributed by atoms with van der Waals surface area (Å²) in [6, 6.07) is 8.95. The van der Waals surface area contributed by atoms with Crippen LogP contribution in [0.5, 0.6) is 0 Å². The summed E-state index contributed by atoms with van der Waals surface area (Å²) in [5.41, 5.74) is 0.724. The molecule has 20 heavy (non-hydrogen) atoms. The molecule has 0 fully saturated rings. The van der Waals surface area contributed by atoms with E-state index in [1.165, 1.54) is 6.07 Å². The van der Waals surface area contributed by atoms with Crippen LogP contribution in [0.4, 0.5) is 4.39 Å². The molecular formula is C15H16BrClFNS. The van der Waals surface area contributed by atoms with Gasteiger partial charge in [0, 0.05) is 10.9 Å². The highest BCUT2D eigenvalue weighted by atomic mass is 79.9. The Balaban J connectivity index is 2.21. The second kappa shape index (κ2) is 7.55. The first kappa shape index (κ1) is 16.0. The number of nitrogens with one attached hydrogen (secondary N) is 1. The third kappa shape index (κ3) is 4.04. The van der Waals surface area contributed by atoms with E-state index in [0.717, 1.165) is 27.2 Å². The fourth-order valence-electron chi connectivity index (χ4n) is 2.01. The van der Waals surface area contributed by atoms with Gasteiger partial charge >= 0.3 is 0 Å². The van der Waals surface area contributed by atoms with Gasteiger partial charge in [-0.25, -0.2) is 4.39 Å². The van der Waals surface area contributed by atoms with Gasteiger partial charge in [-0.1, -0.05) is 36.7 Å². The molecule has 2 aromatic rings. The molecule has 108 valence electrons. The van der Waals surface area contributed by atoms with Gasteiger partial charge in [-0.15, -0.1) is 11.3 Å². The topological polar surface area (TPSA) is 12.0 Å². The van der Waals surface area contributed by atoms with Crippen molar-refractivity contribution in [3.63, 3.8) is 0 Å². The predicted molar refractivity (Wildman–Crippen MR) is 88.2 cm³/mol. The van der Waals surface area contributed by atoms with Crippen molar-refractivity contribution in [2.24, 2.45) is 0 Å². The van der Waals surface area contributed by atoms with Crippen molar-refractivity contribution in [2.45, 2.75) is 25.8 Å². The summed E-state index contributed by atoms with van der Waals surface area (Å²) in [5, 5.41) is 4.18. The molecule has 0 bridgehead atoms. The van der Waals surface area contributed by atoms with Crippen LogP contribution in [0.15, 0.2) is 34.1 Å². The third-order valence-corrected chi connectivity index (χ3v) is 5.62. The number of thiophene rings is 1. The van der Waals surface area contributed by atoms with Crippen molar-refractivity contribution in [1.82, 2.24) is 5.32 Å². The minimum Gasteiger partial charge on any atom is -0.309 e. The number of hydrogen-bond acceptors (Lipinski definition) is 2. The summed E-state index contributed by atoms with van der Waals surface area (Å²) >= 11 is 11.1. The molecule has 0 aliphatic heterocycles. The zero-order valence-corrected chi connectivity index (χ0v) is 14.3. The zero-order valence-electron chi connectivity index (χ0n) is 11.1. The molecule has 0 radical (unpaired) electrons. The van der Waals surface area contributed by atoms with E-state index in [1.807, 2.05) is 18.2 Å². The molecule has 1 aromatic carbocycles. The lowest BCUT2D eigenvalue weighted by Gasteiger charge is -2.17. The zero-order chi connectivity index (χ0) is 14.5.